The van der Waals surface area contributed by atoms with Gasteiger partial charge in [-0.25, -0.2) is 0 Å². The van der Waals surface area contributed by atoms with Gasteiger partial charge in [-0.3, -0.25) is 19.3 Å². The Morgan fingerprint density at radius 1 is 1.02 bits per heavy atom. The van der Waals surface area contributed by atoms with Gasteiger partial charge in [0, 0.05) is 64.2 Å². The normalized spacial score (nSPS) is 27.8. The summed E-state index contributed by atoms with van der Waals surface area (Å²) in [5, 5.41) is 9.35. The molecule has 1 aromatic carbocycles. The minimum atomic E-state index is -0.624. The van der Waals surface area contributed by atoms with Crippen LogP contribution in [0.3, 0.4) is 0 Å². The lowest BCUT2D eigenvalue weighted by Crippen LogP contribution is -2.56. The Bertz CT molecular complexity index is 1180. The fourth-order valence-electron chi connectivity index (χ4n) is 7.64. The zero-order valence-electron chi connectivity index (χ0n) is 25.9. The molecule has 1 spiro atoms. The summed E-state index contributed by atoms with van der Waals surface area (Å²) in [6.07, 6.45) is 7.20. The number of aliphatic hydroxyl groups is 1. The van der Waals surface area contributed by atoms with Crippen molar-refractivity contribution in [1.29, 1.82) is 0 Å². The molecule has 0 aromatic heterocycles. The van der Waals surface area contributed by atoms with E-state index in [0.29, 0.717) is 58.8 Å². The lowest BCUT2D eigenvalue weighted by atomic mass is 9.70. The molecule has 4 heterocycles. The van der Waals surface area contributed by atoms with Crippen molar-refractivity contribution in [2.75, 3.05) is 65.6 Å². The Kier molecular flexibility index (Phi) is 11.2. The monoisotopic (exact) mass is 624 g/mol. The predicted octanol–water partition coefficient (Wildman–Crippen LogP) is 2.80. The molecule has 9 nitrogen and oxygen atoms in total. The largest absolute Gasteiger partial charge is 0.396 e. The number of unbranched alkanes of at least 4 members (excludes halogenated alkanes) is 2. The number of fused-ring (bicyclic) bond motifs is 1. The topological polar surface area (TPSA) is 93.6 Å². The molecule has 0 radical (unpaired) electrons. The Hall–Kier alpha value is -2.66. The van der Waals surface area contributed by atoms with E-state index in [0.717, 1.165) is 44.5 Å². The van der Waals surface area contributed by atoms with Crippen LogP contribution in [0.5, 0.6) is 0 Å². The van der Waals surface area contributed by atoms with Crippen LogP contribution in [-0.2, 0) is 25.7 Å². The van der Waals surface area contributed by atoms with E-state index in [9.17, 15) is 19.5 Å². The third-order valence-corrected chi connectivity index (χ3v) is 11.7. The van der Waals surface area contributed by atoms with Gasteiger partial charge in [-0.1, -0.05) is 42.5 Å². The lowest BCUT2D eigenvalue weighted by Gasteiger charge is -2.38. The second-order valence-corrected chi connectivity index (χ2v) is 14.0. The van der Waals surface area contributed by atoms with Crippen molar-refractivity contribution < 1.29 is 24.2 Å². The smallest absolute Gasteiger partial charge is 0.247 e. The van der Waals surface area contributed by atoms with E-state index in [1.165, 1.54) is 0 Å². The third-order valence-electron chi connectivity index (χ3n) is 9.70. The van der Waals surface area contributed by atoms with Gasteiger partial charge < -0.3 is 24.5 Å². The fraction of sp³-hybridized carbons (Fsp3) is 0.618. The number of ether oxygens (including phenoxy) is 1. The van der Waals surface area contributed by atoms with E-state index < -0.39 is 22.6 Å². The summed E-state index contributed by atoms with van der Waals surface area (Å²) < 4.78 is 4.88. The van der Waals surface area contributed by atoms with Crippen molar-refractivity contribution in [2.45, 2.75) is 54.7 Å². The van der Waals surface area contributed by atoms with Crippen molar-refractivity contribution >= 4 is 29.5 Å². The predicted molar refractivity (Wildman–Crippen MR) is 173 cm³/mol. The van der Waals surface area contributed by atoms with Crippen molar-refractivity contribution in [3.05, 3.63) is 61.2 Å². The number of carbonyl (C=O) groups excluding carboxylic acids is 3. The number of hydrogen-bond donors (Lipinski definition) is 1. The maximum atomic E-state index is 14.6. The molecule has 5 atom stereocenters. The van der Waals surface area contributed by atoms with Crippen molar-refractivity contribution in [1.82, 2.24) is 19.6 Å². The molecular weight excluding hydrogens is 576 g/mol. The first-order valence-corrected chi connectivity index (χ1v) is 17.1. The summed E-state index contributed by atoms with van der Waals surface area (Å²) in [6, 6.07) is 9.29. The first-order valence-electron chi connectivity index (χ1n) is 16.2. The Morgan fingerprint density at radius 2 is 1.75 bits per heavy atom. The summed E-state index contributed by atoms with van der Waals surface area (Å²) in [7, 11) is 0. The lowest BCUT2D eigenvalue weighted by molar-refractivity contribution is -0.145. The zero-order valence-corrected chi connectivity index (χ0v) is 26.7. The highest BCUT2D eigenvalue weighted by Crippen LogP contribution is 2.66. The van der Waals surface area contributed by atoms with Gasteiger partial charge in [0.15, 0.2) is 0 Å². The number of aliphatic hydroxyl groups excluding tert-OH is 1. The SMILES string of the molecule is C=CCN(CCN1CCOCC1)C(=O)C1N(CCCCCO)C(=O)[C@@H]2[C@H](C(=O)N(CC=C)Cc3ccccc3)[C@@H]3CCC12S3. The average molecular weight is 625 g/mol. The van der Waals surface area contributed by atoms with Crippen LogP contribution in [0.25, 0.3) is 0 Å². The van der Waals surface area contributed by atoms with Gasteiger partial charge in [0.1, 0.15) is 6.04 Å². The molecular formula is C34H48N4O5S. The molecule has 240 valence electrons. The molecule has 4 saturated heterocycles. The molecule has 0 saturated carbocycles. The second-order valence-electron chi connectivity index (χ2n) is 12.4. The number of hydrogen-bond acceptors (Lipinski definition) is 7. The average Bonchev–Trinajstić information content (AvgIpc) is 3.69. The van der Waals surface area contributed by atoms with E-state index in [1.54, 1.807) is 28.8 Å². The summed E-state index contributed by atoms with van der Waals surface area (Å²) in [4.78, 5) is 51.2. The van der Waals surface area contributed by atoms with Crippen LogP contribution in [0.2, 0.25) is 0 Å². The first-order chi connectivity index (χ1) is 21.4. The summed E-state index contributed by atoms with van der Waals surface area (Å²) >= 11 is 1.72. The number of rotatable bonds is 16. The minimum Gasteiger partial charge on any atom is -0.396 e. The fourth-order valence-corrected chi connectivity index (χ4v) is 9.84. The van der Waals surface area contributed by atoms with Crippen LogP contribution in [-0.4, -0.2) is 124 Å². The molecule has 2 unspecified atom stereocenters. The maximum absolute atomic E-state index is 14.6. The summed E-state index contributed by atoms with van der Waals surface area (Å²) in [5.41, 5.74) is 1.03. The molecule has 10 heteroatoms. The van der Waals surface area contributed by atoms with Gasteiger partial charge in [-0.15, -0.1) is 24.9 Å². The van der Waals surface area contributed by atoms with E-state index in [1.807, 2.05) is 40.1 Å². The van der Waals surface area contributed by atoms with Gasteiger partial charge in [0.05, 0.1) is 29.8 Å². The molecule has 1 N–H and O–H groups in total. The number of benzene rings is 1. The van der Waals surface area contributed by atoms with Crippen LogP contribution in [0, 0.1) is 11.8 Å². The van der Waals surface area contributed by atoms with Crippen molar-refractivity contribution in [2.24, 2.45) is 11.8 Å². The van der Waals surface area contributed by atoms with Crippen LogP contribution in [0.4, 0.5) is 0 Å². The van der Waals surface area contributed by atoms with Crippen LogP contribution in [0.15, 0.2) is 55.6 Å². The van der Waals surface area contributed by atoms with E-state index in [2.05, 4.69) is 18.1 Å². The van der Waals surface area contributed by atoms with Gasteiger partial charge in [0.25, 0.3) is 0 Å². The number of morpholine rings is 1. The van der Waals surface area contributed by atoms with Gasteiger partial charge in [-0.05, 0) is 37.7 Å². The minimum absolute atomic E-state index is 0.00702. The van der Waals surface area contributed by atoms with E-state index in [-0.39, 0.29) is 29.6 Å². The molecule has 2 bridgehead atoms. The summed E-state index contributed by atoms with van der Waals surface area (Å²) in [5.74, 6) is -1.12. The highest BCUT2D eigenvalue weighted by atomic mass is 32.2. The Morgan fingerprint density at radius 3 is 2.45 bits per heavy atom. The highest BCUT2D eigenvalue weighted by Gasteiger charge is 2.74. The standard InChI is InChI=1S/C34H48N4O5S/c1-3-15-36(19-18-35-20-23-43-24-21-35)33(42)30-34-14-13-27(44-34)28(29(34)32(41)38(30)17-9-6-10-22-39)31(40)37(16-4-2)25-26-11-7-5-8-12-26/h3-5,7-8,11-12,27-30,39H,1-2,6,9-10,13-25H2/t27-,28+,29-,30?,34?/m0/s1. The van der Waals surface area contributed by atoms with Gasteiger partial charge in [-0.2, -0.15) is 0 Å². The van der Waals surface area contributed by atoms with Crippen LogP contribution < -0.4 is 0 Å². The number of thioether (sulfide) groups is 1. The molecule has 4 aliphatic heterocycles. The van der Waals surface area contributed by atoms with Crippen LogP contribution >= 0.6 is 11.8 Å². The summed E-state index contributed by atoms with van der Waals surface area (Å²) in [6.45, 7) is 14.0. The Labute approximate surface area is 266 Å². The Balaban J connectivity index is 1.42. The molecule has 3 amide bonds. The molecule has 44 heavy (non-hydrogen) atoms. The van der Waals surface area contributed by atoms with Crippen molar-refractivity contribution in [3.63, 3.8) is 0 Å². The molecule has 4 fully saturated rings. The molecule has 4 aliphatic rings. The highest BCUT2D eigenvalue weighted by molar-refractivity contribution is 8.02. The van der Waals surface area contributed by atoms with Gasteiger partial charge >= 0.3 is 0 Å². The number of amides is 3. The van der Waals surface area contributed by atoms with E-state index >= 15 is 0 Å². The quantitative estimate of drug-likeness (QED) is 0.223. The van der Waals surface area contributed by atoms with E-state index in [4.69, 9.17) is 4.74 Å². The number of likely N-dealkylation sites (tertiary alicyclic amines) is 1. The zero-order chi connectivity index (χ0) is 31.1. The first kappa shape index (κ1) is 32.7. The third kappa shape index (κ3) is 6.64. The van der Waals surface area contributed by atoms with Crippen LogP contribution in [0.1, 0.15) is 37.7 Å². The second kappa shape index (κ2) is 15.1. The van der Waals surface area contributed by atoms with Gasteiger partial charge in [0.2, 0.25) is 17.7 Å². The van der Waals surface area contributed by atoms with Crippen molar-refractivity contribution in [3.8, 4) is 0 Å². The maximum Gasteiger partial charge on any atom is 0.247 e. The molecule has 1 aromatic rings. The number of carbonyl (C=O) groups is 3. The molecule has 0 aliphatic carbocycles. The molecule has 5 rings (SSSR count). The number of nitrogens with zero attached hydrogens (tertiary/aromatic N) is 4.